The van der Waals surface area contributed by atoms with E-state index in [1.54, 1.807) is 0 Å². The van der Waals surface area contributed by atoms with E-state index in [1.807, 2.05) is 0 Å². The highest BCUT2D eigenvalue weighted by Crippen LogP contribution is 2.40. The van der Waals surface area contributed by atoms with E-state index in [4.69, 9.17) is 14.2 Å². The lowest BCUT2D eigenvalue weighted by Gasteiger charge is -2.35. The Kier molecular flexibility index (Phi) is 6.00. The highest BCUT2D eigenvalue weighted by atomic mass is 19.1. The number of halogens is 2. The molecule has 0 radical (unpaired) electrons. The molecule has 3 aliphatic rings. The summed E-state index contributed by atoms with van der Waals surface area (Å²) in [5.74, 6) is -0.612. The summed E-state index contributed by atoms with van der Waals surface area (Å²) in [6.07, 6.45) is 0.0334. The van der Waals surface area contributed by atoms with Crippen molar-refractivity contribution in [2.24, 2.45) is 4.99 Å². The molecule has 2 saturated heterocycles. The molecule has 0 aromatic carbocycles. The van der Waals surface area contributed by atoms with Gasteiger partial charge in [-0.1, -0.05) is 0 Å². The summed E-state index contributed by atoms with van der Waals surface area (Å²) in [6, 6.07) is 0. The second kappa shape index (κ2) is 8.05. The first-order chi connectivity index (χ1) is 12.1. The minimum atomic E-state index is -1.67. The van der Waals surface area contributed by atoms with Gasteiger partial charge in [-0.2, -0.15) is 0 Å². The van der Waals surface area contributed by atoms with Gasteiger partial charge in [0.25, 0.3) is 0 Å². The average molecular weight is 362 g/mol. The van der Waals surface area contributed by atoms with Crippen molar-refractivity contribution >= 4 is 6.21 Å². The monoisotopic (exact) mass is 362 g/mol. The Balaban J connectivity index is 1.80. The number of hydrogen-bond donors (Lipinski definition) is 2. The molecule has 2 fully saturated rings. The van der Waals surface area contributed by atoms with Crippen LogP contribution >= 0.6 is 0 Å². The zero-order valence-corrected chi connectivity index (χ0v) is 13.9. The molecule has 9 heteroatoms. The Morgan fingerprint density at radius 3 is 2.88 bits per heavy atom. The highest BCUT2D eigenvalue weighted by molar-refractivity contribution is 5.76. The summed E-state index contributed by atoms with van der Waals surface area (Å²) in [6.45, 7) is -0.287. The van der Waals surface area contributed by atoms with Crippen LogP contribution in [0.5, 0.6) is 0 Å². The van der Waals surface area contributed by atoms with E-state index in [0.29, 0.717) is 13.0 Å². The molecule has 25 heavy (non-hydrogen) atoms. The van der Waals surface area contributed by atoms with Crippen molar-refractivity contribution in [1.29, 1.82) is 0 Å². The first-order valence-electron chi connectivity index (χ1n) is 8.53. The third kappa shape index (κ3) is 3.85. The third-order valence-corrected chi connectivity index (χ3v) is 4.75. The van der Waals surface area contributed by atoms with Crippen molar-refractivity contribution in [3.05, 3.63) is 12.0 Å². The molecule has 142 valence electrons. The lowest BCUT2D eigenvalue weighted by atomic mass is 9.92. The van der Waals surface area contributed by atoms with Crippen LogP contribution in [-0.2, 0) is 14.2 Å². The fourth-order valence-corrected chi connectivity index (χ4v) is 3.45. The van der Waals surface area contributed by atoms with Crippen LogP contribution < -0.4 is 0 Å². The van der Waals surface area contributed by atoms with Gasteiger partial charge in [-0.3, -0.25) is 4.99 Å². The molecule has 0 amide bonds. The SMILES string of the molecule is OCC[C@]1(CO)O[C@@H](N2C=C(F)C=NC2)[C@@H](F)[C@@H]1OC1CCCCO1. The van der Waals surface area contributed by atoms with E-state index < -0.39 is 42.8 Å². The van der Waals surface area contributed by atoms with Crippen LogP contribution in [0.25, 0.3) is 0 Å². The Morgan fingerprint density at radius 2 is 2.24 bits per heavy atom. The van der Waals surface area contributed by atoms with Crippen LogP contribution in [0.1, 0.15) is 25.7 Å². The van der Waals surface area contributed by atoms with Crippen LogP contribution in [-0.4, -0.2) is 78.2 Å². The van der Waals surface area contributed by atoms with E-state index in [2.05, 4.69) is 4.99 Å². The lowest BCUT2D eigenvalue weighted by Crippen LogP contribution is -2.50. The highest BCUT2D eigenvalue weighted by Gasteiger charge is 2.58. The van der Waals surface area contributed by atoms with Gasteiger partial charge in [-0.05, 0) is 19.3 Å². The van der Waals surface area contributed by atoms with Crippen molar-refractivity contribution in [3.8, 4) is 0 Å². The minimum Gasteiger partial charge on any atom is -0.396 e. The van der Waals surface area contributed by atoms with Gasteiger partial charge >= 0.3 is 0 Å². The Morgan fingerprint density at radius 1 is 1.40 bits per heavy atom. The fraction of sp³-hybridized carbons (Fsp3) is 0.812. The summed E-state index contributed by atoms with van der Waals surface area (Å²) in [5, 5.41) is 19.2. The van der Waals surface area contributed by atoms with Crippen molar-refractivity contribution < 1.29 is 33.2 Å². The predicted molar refractivity (Wildman–Crippen MR) is 84.1 cm³/mol. The summed E-state index contributed by atoms with van der Waals surface area (Å²) in [5.41, 5.74) is -1.43. The van der Waals surface area contributed by atoms with Crippen LogP contribution in [0.3, 0.4) is 0 Å². The smallest absolute Gasteiger partial charge is 0.174 e. The van der Waals surface area contributed by atoms with Crippen LogP contribution in [0.4, 0.5) is 8.78 Å². The quantitative estimate of drug-likeness (QED) is 0.729. The number of hydrogen-bond acceptors (Lipinski definition) is 7. The number of alkyl halides is 1. The van der Waals surface area contributed by atoms with Gasteiger partial charge in [0.2, 0.25) is 0 Å². The molecular formula is C16H24F2N2O5. The number of ether oxygens (including phenoxy) is 3. The standard InChI is InChI=1S/C16H24F2N2O5/c17-11-7-19-10-20(8-11)15-13(18)14(16(9-22,25-15)4-5-21)24-12-3-1-2-6-23-12/h7-8,12-15,21-22H,1-6,9-10H2/t12?,13-,14-,15+,16+/m0/s1. The van der Waals surface area contributed by atoms with E-state index >= 15 is 4.39 Å². The Labute approximate surface area is 144 Å². The molecule has 0 aromatic rings. The van der Waals surface area contributed by atoms with Gasteiger partial charge in [-0.15, -0.1) is 0 Å². The molecule has 0 saturated carbocycles. The van der Waals surface area contributed by atoms with Gasteiger partial charge in [0.05, 0.1) is 12.8 Å². The van der Waals surface area contributed by atoms with Crippen LogP contribution in [0, 0.1) is 0 Å². The molecule has 2 N–H and O–H groups in total. The molecule has 1 unspecified atom stereocenters. The number of rotatable bonds is 6. The first kappa shape index (κ1) is 18.7. The molecule has 7 nitrogen and oxygen atoms in total. The zero-order valence-electron chi connectivity index (χ0n) is 13.9. The molecule has 0 spiro atoms. The summed E-state index contributed by atoms with van der Waals surface area (Å²) < 4.78 is 45.7. The molecule has 0 bridgehead atoms. The largest absolute Gasteiger partial charge is 0.396 e. The fourth-order valence-electron chi connectivity index (χ4n) is 3.45. The van der Waals surface area contributed by atoms with E-state index in [9.17, 15) is 14.6 Å². The molecule has 0 aliphatic carbocycles. The van der Waals surface area contributed by atoms with Crippen molar-refractivity contribution in [2.45, 2.75) is 56.1 Å². The van der Waals surface area contributed by atoms with Gasteiger partial charge in [0.15, 0.2) is 24.5 Å². The maximum atomic E-state index is 15.2. The summed E-state index contributed by atoms with van der Waals surface area (Å²) >= 11 is 0. The molecule has 3 aliphatic heterocycles. The maximum absolute atomic E-state index is 15.2. The Hall–Kier alpha value is -1.13. The Bertz CT molecular complexity index is 515. The van der Waals surface area contributed by atoms with Gasteiger partial charge < -0.3 is 29.3 Å². The van der Waals surface area contributed by atoms with Gasteiger partial charge in [0, 0.05) is 25.8 Å². The minimum absolute atomic E-state index is 0.0128. The molecule has 3 heterocycles. The molecule has 3 rings (SSSR count). The lowest BCUT2D eigenvalue weighted by molar-refractivity contribution is -0.230. The topological polar surface area (TPSA) is 83.8 Å². The van der Waals surface area contributed by atoms with E-state index in [0.717, 1.165) is 25.3 Å². The molecule has 0 aromatic heterocycles. The number of allylic oxidation sites excluding steroid dienone is 1. The number of aliphatic hydroxyl groups excluding tert-OH is 2. The van der Waals surface area contributed by atoms with Gasteiger partial charge in [0.1, 0.15) is 18.4 Å². The van der Waals surface area contributed by atoms with Gasteiger partial charge in [-0.25, -0.2) is 8.78 Å². The van der Waals surface area contributed by atoms with Crippen molar-refractivity contribution in [1.82, 2.24) is 4.90 Å². The van der Waals surface area contributed by atoms with Crippen molar-refractivity contribution in [3.63, 3.8) is 0 Å². The number of aliphatic hydroxyl groups is 2. The summed E-state index contributed by atoms with van der Waals surface area (Å²) in [7, 11) is 0. The zero-order chi connectivity index (χ0) is 17.9. The third-order valence-electron chi connectivity index (χ3n) is 4.75. The van der Waals surface area contributed by atoms with Crippen molar-refractivity contribution in [2.75, 3.05) is 26.5 Å². The normalized spacial score (nSPS) is 38.9. The van der Waals surface area contributed by atoms with E-state index in [1.165, 1.54) is 4.90 Å². The number of aliphatic imine (C=N–C) groups is 1. The first-order valence-corrected chi connectivity index (χ1v) is 8.53. The maximum Gasteiger partial charge on any atom is 0.174 e. The summed E-state index contributed by atoms with van der Waals surface area (Å²) in [4.78, 5) is 5.10. The average Bonchev–Trinajstić information content (AvgIpc) is 2.90. The number of nitrogens with zero attached hydrogens (tertiary/aromatic N) is 2. The molecular weight excluding hydrogens is 338 g/mol. The predicted octanol–water partition coefficient (Wildman–Crippen LogP) is 0.861. The van der Waals surface area contributed by atoms with Crippen LogP contribution in [0.15, 0.2) is 17.0 Å². The second-order valence-corrected chi connectivity index (χ2v) is 6.48. The molecule has 5 atom stereocenters. The van der Waals surface area contributed by atoms with E-state index in [-0.39, 0.29) is 19.7 Å². The van der Waals surface area contributed by atoms with Crippen LogP contribution in [0.2, 0.25) is 0 Å². The second-order valence-electron chi connectivity index (χ2n) is 6.48.